The molecule has 6 nitrogen and oxygen atoms in total. The summed E-state index contributed by atoms with van der Waals surface area (Å²) >= 11 is 1.34. The van der Waals surface area contributed by atoms with Crippen molar-refractivity contribution in [2.75, 3.05) is 26.4 Å². The van der Waals surface area contributed by atoms with Crippen molar-refractivity contribution in [3.63, 3.8) is 0 Å². The summed E-state index contributed by atoms with van der Waals surface area (Å²) in [6, 6.07) is 9.31. The Morgan fingerprint density at radius 3 is 2.59 bits per heavy atom. The first-order chi connectivity index (χ1) is 13.8. The van der Waals surface area contributed by atoms with Crippen molar-refractivity contribution in [1.29, 1.82) is 0 Å². The van der Waals surface area contributed by atoms with E-state index >= 15 is 0 Å². The summed E-state index contributed by atoms with van der Waals surface area (Å²) in [6.45, 7) is 5.40. The zero-order valence-corrected chi connectivity index (χ0v) is 18.5. The monoisotopic (exact) mass is 412 g/mol. The molecular formula is C22H28N4O2S. The SMILES string of the molecule is Cc1cc(C(=O)CSc2nc3ccccc3c(=O)n2CCCN(C)C)c(C)n1C. The van der Waals surface area contributed by atoms with Crippen LogP contribution in [0.4, 0.5) is 0 Å². The highest BCUT2D eigenvalue weighted by Gasteiger charge is 2.17. The standard InChI is InChI=1S/C22H28N4O2S/c1-15-13-18(16(2)25(15)5)20(27)14-29-22-23-19-10-7-6-9-17(19)21(28)26(22)12-8-11-24(3)4/h6-7,9-10,13H,8,11-12,14H2,1-5H3. The van der Waals surface area contributed by atoms with E-state index in [9.17, 15) is 9.59 Å². The van der Waals surface area contributed by atoms with Crippen molar-refractivity contribution in [3.8, 4) is 0 Å². The predicted octanol–water partition coefficient (Wildman–Crippen LogP) is 3.28. The van der Waals surface area contributed by atoms with Crippen molar-refractivity contribution in [3.05, 3.63) is 57.6 Å². The Labute approximate surface area is 175 Å². The van der Waals surface area contributed by atoms with Gasteiger partial charge >= 0.3 is 0 Å². The topological polar surface area (TPSA) is 60.1 Å². The first-order valence-corrected chi connectivity index (χ1v) is 10.7. The van der Waals surface area contributed by atoms with Gasteiger partial charge in [-0.25, -0.2) is 4.98 Å². The van der Waals surface area contributed by atoms with Gasteiger partial charge in [0.1, 0.15) is 0 Å². The number of ketones is 1. The minimum atomic E-state index is -0.0453. The highest BCUT2D eigenvalue weighted by molar-refractivity contribution is 7.99. The largest absolute Gasteiger partial charge is 0.351 e. The number of nitrogens with zero attached hydrogens (tertiary/aromatic N) is 4. The molecule has 154 valence electrons. The maximum absolute atomic E-state index is 13.0. The van der Waals surface area contributed by atoms with Gasteiger partial charge < -0.3 is 9.47 Å². The first-order valence-electron chi connectivity index (χ1n) is 9.73. The number of aryl methyl sites for hydroxylation is 1. The van der Waals surface area contributed by atoms with Crippen molar-refractivity contribution < 1.29 is 4.79 Å². The van der Waals surface area contributed by atoms with Crippen LogP contribution in [-0.4, -0.2) is 51.2 Å². The molecule has 0 aliphatic carbocycles. The van der Waals surface area contributed by atoms with E-state index in [0.717, 1.165) is 29.9 Å². The molecule has 0 N–H and O–H groups in total. The van der Waals surface area contributed by atoms with Crippen LogP contribution in [0, 0.1) is 13.8 Å². The van der Waals surface area contributed by atoms with Gasteiger partial charge in [-0.05, 0) is 59.1 Å². The molecule has 3 aromatic rings. The third kappa shape index (κ3) is 4.62. The normalized spacial score (nSPS) is 11.5. The lowest BCUT2D eigenvalue weighted by Crippen LogP contribution is -2.25. The Kier molecular flexibility index (Phi) is 6.59. The van der Waals surface area contributed by atoms with Crippen LogP contribution in [0.1, 0.15) is 28.2 Å². The van der Waals surface area contributed by atoms with Crippen molar-refractivity contribution >= 4 is 28.4 Å². The molecule has 0 atom stereocenters. The second kappa shape index (κ2) is 8.97. The zero-order valence-electron chi connectivity index (χ0n) is 17.7. The fraction of sp³-hybridized carbons (Fsp3) is 0.409. The molecule has 0 aliphatic heterocycles. The Hall–Kier alpha value is -2.38. The van der Waals surface area contributed by atoms with E-state index in [4.69, 9.17) is 4.98 Å². The van der Waals surface area contributed by atoms with Gasteiger partial charge in [-0.2, -0.15) is 0 Å². The average molecular weight is 413 g/mol. The summed E-state index contributed by atoms with van der Waals surface area (Å²) in [5.41, 5.74) is 3.38. The van der Waals surface area contributed by atoms with Crippen LogP contribution in [0.25, 0.3) is 10.9 Å². The lowest BCUT2D eigenvalue weighted by Gasteiger charge is -2.14. The number of aromatic nitrogens is 3. The molecule has 0 bridgehead atoms. The molecule has 3 rings (SSSR count). The van der Waals surface area contributed by atoms with Gasteiger partial charge in [-0.15, -0.1) is 0 Å². The molecule has 0 fully saturated rings. The molecule has 0 saturated heterocycles. The third-order valence-electron chi connectivity index (χ3n) is 5.22. The van der Waals surface area contributed by atoms with Crippen LogP contribution < -0.4 is 5.56 Å². The lowest BCUT2D eigenvalue weighted by molar-refractivity contribution is 0.102. The van der Waals surface area contributed by atoms with Crippen molar-refractivity contribution in [1.82, 2.24) is 19.0 Å². The van der Waals surface area contributed by atoms with Gasteiger partial charge in [-0.3, -0.25) is 14.2 Å². The number of hydrogen-bond donors (Lipinski definition) is 0. The van der Waals surface area contributed by atoms with Crippen molar-refractivity contribution in [2.24, 2.45) is 7.05 Å². The highest BCUT2D eigenvalue weighted by atomic mass is 32.2. The molecular weight excluding hydrogens is 384 g/mol. The van der Waals surface area contributed by atoms with Crippen LogP contribution in [0.2, 0.25) is 0 Å². The van der Waals surface area contributed by atoms with E-state index in [-0.39, 0.29) is 17.1 Å². The number of rotatable bonds is 8. The average Bonchev–Trinajstić information content (AvgIpc) is 2.95. The van der Waals surface area contributed by atoms with Gasteiger partial charge in [0.2, 0.25) is 0 Å². The summed E-state index contributed by atoms with van der Waals surface area (Å²) in [4.78, 5) is 32.7. The Morgan fingerprint density at radius 2 is 1.93 bits per heavy atom. The summed E-state index contributed by atoms with van der Waals surface area (Å²) in [5.74, 6) is 0.307. The molecule has 29 heavy (non-hydrogen) atoms. The van der Waals surface area contributed by atoms with Crippen LogP contribution in [0.3, 0.4) is 0 Å². The fourth-order valence-electron chi connectivity index (χ4n) is 3.35. The molecule has 0 unspecified atom stereocenters. The van der Waals surface area contributed by atoms with Crippen LogP contribution >= 0.6 is 11.8 Å². The number of fused-ring (bicyclic) bond motifs is 1. The van der Waals surface area contributed by atoms with Crippen LogP contribution in [0.15, 0.2) is 40.3 Å². The number of hydrogen-bond acceptors (Lipinski definition) is 5. The van der Waals surface area contributed by atoms with Crippen LogP contribution in [0.5, 0.6) is 0 Å². The van der Waals surface area contributed by atoms with Gasteiger partial charge in [0.05, 0.1) is 16.7 Å². The minimum absolute atomic E-state index is 0.0453. The van der Waals surface area contributed by atoms with Crippen LogP contribution in [-0.2, 0) is 13.6 Å². The summed E-state index contributed by atoms with van der Waals surface area (Å²) < 4.78 is 3.73. The number of Topliss-reactive ketones (excluding diaryl/α,β-unsaturated/α-hetero) is 1. The minimum Gasteiger partial charge on any atom is -0.351 e. The quantitative estimate of drug-likeness (QED) is 0.323. The molecule has 2 aromatic heterocycles. The van der Waals surface area contributed by atoms with Gasteiger partial charge in [0.25, 0.3) is 5.56 Å². The molecule has 1 aromatic carbocycles. The maximum Gasteiger partial charge on any atom is 0.262 e. The molecule has 0 aliphatic rings. The van der Waals surface area contributed by atoms with E-state index < -0.39 is 0 Å². The molecule has 0 saturated carbocycles. The Balaban J connectivity index is 1.89. The molecule has 0 radical (unpaired) electrons. The smallest absolute Gasteiger partial charge is 0.262 e. The number of carbonyl (C=O) groups excluding carboxylic acids is 1. The Morgan fingerprint density at radius 1 is 1.21 bits per heavy atom. The predicted molar refractivity (Wildman–Crippen MR) is 119 cm³/mol. The molecule has 0 spiro atoms. The summed E-state index contributed by atoms with van der Waals surface area (Å²) in [5, 5.41) is 1.22. The zero-order chi connectivity index (χ0) is 21.1. The highest BCUT2D eigenvalue weighted by Crippen LogP contribution is 2.21. The number of carbonyl (C=O) groups is 1. The van der Waals surface area contributed by atoms with E-state index in [2.05, 4.69) is 4.90 Å². The second-order valence-corrected chi connectivity index (χ2v) is 8.52. The number of benzene rings is 1. The molecule has 2 heterocycles. The Bertz CT molecular complexity index is 1100. The van der Waals surface area contributed by atoms with Gasteiger partial charge in [0.15, 0.2) is 10.9 Å². The maximum atomic E-state index is 13.0. The van der Waals surface area contributed by atoms with E-state index in [1.54, 1.807) is 4.57 Å². The van der Waals surface area contributed by atoms with E-state index in [1.165, 1.54) is 11.8 Å². The number of para-hydroxylation sites is 1. The molecule has 7 heteroatoms. The van der Waals surface area contributed by atoms with E-state index in [0.29, 0.717) is 22.6 Å². The fourth-order valence-corrected chi connectivity index (χ4v) is 4.25. The summed E-state index contributed by atoms with van der Waals surface area (Å²) in [7, 11) is 5.99. The third-order valence-corrected chi connectivity index (χ3v) is 6.20. The van der Waals surface area contributed by atoms with E-state index in [1.807, 2.05) is 69.9 Å². The first kappa shape index (κ1) is 21.3. The molecule has 0 amide bonds. The number of thioether (sulfide) groups is 1. The lowest BCUT2D eigenvalue weighted by atomic mass is 10.2. The van der Waals surface area contributed by atoms with Crippen molar-refractivity contribution in [2.45, 2.75) is 32.0 Å². The second-order valence-electron chi connectivity index (χ2n) is 7.58. The van der Waals surface area contributed by atoms with Gasteiger partial charge in [-0.1, -0.05) is 23.9 Å². The summed E-state index contributed by atoms with van der Waals surface area (Å²) in [6.07, 6.45) is 0.839. The van der Waals surface area contributed by atoms with Gasteiger partial charge in [0, 0.05) is 30.5 Å².